The summed E-state index contributed by atoms with van der Waals surface area (Å²) in [5.74, 6) is 0.278. The molecule has 1 saturated carbocycles. The van der Waals surface area contributed by atoms with Crippen molar-refractivity contribution in [2.45, 2.75) is 76.2 Å². The third kappa shape index (κ3) is 4.78. The van der Waals surface area contributed by atoms with Crippen molar-refractivity contribution in [3.8, 4) is 0 Å². The smallest absolute Gasteiger partial charge is 0.337 e. The molecule has 2 fully saturated rings. The van der Waals surface area contributed by atoms with Crippen LogP contribution in [0.2, 0.25) is 0 Å². The predicted octanol–water partition coefficient (Wildman–Crippen LogP) is 4.51. The van der Waals surface area contributed by atoms with Crippen molar-refractivity contribution < 1.29 is 18.0 Å². The van der Waals surface area contributed by atoms with Crippen LogP contribution in [0.4, 0.5) is 13.2 Å². The van der Waals surface area contributed by atoms with E-state index in [2.05, 4.69) is 10.2 Å². The highest BCUT2D eigenvalue weighted by molar-refractivity contribution is 5.79. The Bertz CT molecular complexity index is 611. The molecule has 1 aromatic carbocycles. The Hall–Kier alpha value is -1.56. The molecule has 0 spiro atoms. The summed E-state index contributed by atoms with van der Waals surface area (Å²) in [4.78, 5) is 14.4. The number of hydrogen-bond acceptors (Lipinski definition) is 2. The van der Waals surface area contributed by atoms with Gasteiger partial charge in [-0.05, 0) is 43.9 Å². The summed E-state index contributed by atoms with van der Waals surface area (Å²) < 4.78 is 38.3. The number of benzene rings is 1. The summed E-state index contributed by atoms with van der Waals surface area (Å²) in [7, 11) is 0. The minimum atomic E-state index is -4.30. The zero-order valence-electron chi connectivity index (χ0n) is 15.0. The lowest BCUT2D eigenvalue weighted by molar-refractivity contribution is -0.137. The van der Waals surface area contributed by atoms with Crippen LogP contribution in [0.3, 0.4) is 0 Å². The molecule has 144 valence electrons. The number of carbonyl (C=O) groups excluding carboxylic acids is 1. The number of rotatable bonds is 6. The van der Waals surface area contributed by atoms with E-state index in [0.717, 1.165) is 31.7 Å². The number of carbonyl (C=O) groups is 1. The Labute approximate surface area is 152 Å². The highest BCUT2D eigenvalue weighted by Crippen LogP contribution is 2.31. The van der Waals surface area contributed by atoms with E-state index in [0.29, 0.717) is 31.1 Å². The van der Waals surface area contributed by atoms with Gasteiger partial charge in [0, 0.05) is 25.0 Å². The van der Waals surface area contributed by atoms with E-state index >= 15 is 0 Å². The molecule has 1 unspecified atom stereocenters. The largest absolute Gasteiger partial charge is 0.416 e. The summed E-state index contributed by atoms with van der Waals surface area (Å²) in [6.45, 7) is 1.12. The lowest BCUT2D eigenvalue weighted by Crippen LogP contribution is -2.43. The second kappa shape index (κ2) is 8.42. The number of hydrogen-bond donors (Lipinski definition) is 1. The average Bonchev–Trinajstić information content (AvgIpc) is 2.99. The molecule has 1 amide bonds. The fourth-order valence-corrected chi connectivity index (χ4v) is 4.27. The fraction of sp³-hybridized carbons (Fsp3) is 0.650. The molecule has 1 aliphatic heterocycles. The maximum Gasteiger partial charge on any atom is 0.416 e. The van der Waals surface area contributed by atoms with Crippen molar-refractivity contribution in [2.75, 3.05) is 6.54 Å². The summed E-state index contributed by atoms with van der Waals surface area (Å²) in [5, 5.41) is 3.24. The maximum atomic E-state index is 12.8. The van der Waals surface area contributed by atoms with Crippen molar-refractivity contribution in [3.63, 3.8) is 0 Å². The van der Waals surface area contributed by atoms with Crippen LogP contribution >= 0.6 is 0 Å². The highest BCUT2D eigenvalue weighted by atomic mass is 19.4. The lowest BCUT2D eigenvalue weighted by Gasteiger charge is -2.36. The molecule has 0 bridgehead atoms. The average molecular weight is 368 g/mol. The fourth-order valence-electron chi connectivity index (χ4n) is 4.27. The second-order valence-electron chi connectivity index (χ2n) is 7.45. The van der Waals surface area contributed by atoms with Crippen LogP contribution in [-0.2, 0) is 17.5 Å². The topological polar surface area (TPSA) is 32.3 Å². The summed E-state index contributed by atoms with van der Waals surface area (Å²) in [6.07, 6.45) is 3.99. The molecule has 2 aliphatic rings. The number of alkyl halides is 3. The van der Waals surface area contributed by atoms with E-state index in [4.69, 9.17) is 0 Å². The van der Waals surface area contributed by atoms with Gasteiger partial charge in [-0.25, -0.2) is 0 Å². The minimum absolute atomic E-state index is 0.277. The Morgan fingerprint density at radius 1 is 1.12 bits per heavy atom. The van der Waals surface area contributed by atoms with Crippen molar-refractivity contribution >= 4 is 5.91 Å². The molecule has 1 aliphatic carbocycles. The van der Waals surface area contributed by atoms with Crippen LogP contribution in [-0.4, -0.2) is 29.4 Å². The van der Waals surface area contributed by atoms with Crippen molar-refractivity contribution in [1.82, 2.24) is 10.2 Å². The van der Waals surface area contributed by atoms with Gasteiger partial charge in [-0.3, -0.25) is 4.79 Å². The monoisotopic (exact) mass is 368 g/mol. The van der Waals surface area contributed by atoms with Gasteiger partial charge in [0.1, 0.15) is 0 Å². The first-order chi connectivity index (χ1) is 12.4. The van der Waals surface area contributed by atoms with E-state index in [9.17, 15) is 18.0 Å². The molecular weight excluding hydrogens is 341 g/mol. The molecule has 1 heterocycles. The number of likely N-dealkylation sites (tertiary alicyclic amines) is 1. The SMILES string of the molecule is O=C1CCC(CCNCc2cccc(C(F)(F)F)c2)N1C1CCCCC1. The van der Waals surface area contributed by atoms with Crippen LogP contribution < -0.4 is 5.32 Å². The number of nitrogens with zero attached hydrogens (tertiary/aromatic N) is 1. The zero-order chi connectivity index (χ0) is 18.6. The van der Waals surface area contributed by atoms with Crippen molar-refractivity contribution in [1.29, 1.82) is 0 Å². The van der Waals surface area contributed by atoms with Crippen LogP contribution in [0.15, 0.2) is 24.3 Å². The molecule has 1 saturated heterocycles. The van der Waals surface area contributed by atoms with Gasteiger partial charge in [0.25, 0.3) is 0 Å². The first-order valence-electron chi connectivity index (χ1n) is 9.63. The Balaban J connectivity index is 1.48. The Morgan fingerprint density at radius 3 is 2.62 bits per heavy atom. The van der Waals surface area contributed by atoms with Crippen molar-refractivity contribution in [2.24, 2.45) is 0 Å². The molecule has 3 rings (SSSR count). The highest BCUT2D eigenvalue weighted by Gasteiger charge is 2.36. The Morgan fingerprint density at radius 2 is 1.88 bits per heavy atom. The van der Waals surface area contributed by atoms with E-state index in [1.165, 1.54) is 31.4 Å². The van der Waals surface area contributed by atoms with Crippen LogP contribution in [0.5, 0.6) is 0 Å². The molecule has 26 heavy (non-hydrogen) atoms. The summed E-state index contributed by atoms with van der Waals surface area (Å²) in [5.41, 5.74) is 0.0214. The standard InChI is InChI=1S/C20H27F3N2O/c21-20(22,23)16-6-4-5-15(13-16)14-24-12-11-18-9-10-19(26)25(18)17-7-2-1-3-8-17/h4-6,13,17-18,24H,1-3,7-12,14H2. The maximum absolute atomic E-state index is 12.8. The summed E-state index contributed by atoms with van der Waals surface area (Å²) >= 11 is 0. The minimum Gasteiger partial charge on any atom is -0.337 e. The third-order valence-corrected chi connectivity index (χ3v) is 5.58. The van der Waals surface area contributed by atoms with Gasteiger partial charge < -0.3 is 10.2 Å². The van der Waals surface area contributed by atoms with E-state index in [1.54, 1.807) is 6.07 Å². The van der Waals surface area contributed by atoms with E-state index in [1.807, 2.05) is 0 Å². The molecular formula is C20H27F3N2O. The predicted molar refractivity (Wildman–Crippen MR) is 94.5 cm³/mol. The molecule has 1 N–H and O–H groups in total. The van der Waals surface area contributed by atoms with Crippen molar-refractivity contribution in [3.05, 3.63) is 35.4 Å². The van der Waals surface area contributed by atoms with E-state index < -0.39 is 11.7 Å². The third-order valence-electron chi connectivity index (χ3n) is 5.58. The number of nitrogens with one attached hydrogen (secondary N) is 1. The van der Waals surface area contributed by atoms with Gasteiger partial charge in [-0.2, -0.15) is 13.2 Å². The normalized spacial score (nSPS) is 22.2. The molecule has 0 radical (unpaired) electrons. The first-order valence-corrected chi connectivity index (χ1v) is 9.63. The first kappa shape index (κ1) is 19.2. The van der Waals surface area contributed by atoms with Gasteiger partial charge in [0.2, 0.25) is 5.91 Å². The van der Waals surface area contributed by atoms with Gasteiger partial charge in [0.05, 0.1) is 5.56 Å². The zero-order valence-corrected chi connectivity index (χ0v) is 15.0. The Kier molecular flexibility index (Phi) is 6.22. The number of amides is 1. The molecule has 3 nitrogen and oxygen atoms in total. The molecule has 1 atom stereocenters. The van der Waals surface area contributed by atoms with Crippen LogP contribution in [0.25, 0.3) is 0 Å². The lowest BCUT2D eigenvalue weighted by atomic mass is 9.93. The quantitative estimate of drug-likeness (QED) is 0.750. The van der Waals surface area contributed by atoms with Crippen LogP contribution in [0.1, 0.15) is 62.5 Å². The molecule has 1 aromatic rings. The van der Waals surface area contributed by atoms with Gasteiger partial charge in [-0.1, -0.05) is 37.5 Å². The van der Waals surface area contributed by atoms with Crippen LogP contribution in [0, 0.1) is 0 Å². The second-order valence-corrected chi connectivity index (χ2v) is 7.45. The summed E-state index contributed by atoms with van der Waals surface area (Å²) in [6, 6.07) is 6.11. The molecule has 6 heteroatoms. The van der Waals surface area contributed by atoms with Gasteiger partial charge in [0.15, 0.2) is 0 Å². The van der Waals surface area contributed by atoms with E-state index in [-0.39, 0.29) is 11.9 Å². The van der Waals surface area contributed by atoms with Gasteiger partial charge >= 0.3 is 6.18 Å². The number of halogens is 3. The molecule has 0 aromatic heterocycles. The van der Waals surface area contributed by atoms with Gasteiger partial charge in [-0.15, -0.1) is 0 Å².